The molecule has 2 atom stereocenters. The normalized spacial score (nSPS) is 22.9. The summed E-state index contributed by atoms with van der Waals surface area (Å²) in [6, 6.07) is 1.96. The molecule has 2 unspecified atom stereocenters. The van der Waals surface area contributed by atoms with Gasteiger partial charge in [-0.05, 0) is 32.4 Å². The van der Waals surface area contributed by atoms with Crippen LogP contribution in [0.25, 0.3) is 6.08 Å². The molecule has 0 bridgehead atoms. The molecule has 1 aromatic rings. The van der Waals surface area contributed by atoms with Gasteiger partial charge in [-0.15, -0.1) is 0 Å². The average Bonchev–Trinajstić information content (AvgIpc) is 2.93. The summed E-state index contributed by atoms with van der Waals surface area (Å²) in [5, 5.41) is 18.6. The molecular formula is C20H22N4O5S2. The SMILES string of the molecule is Cc1c(C=C2SC(=S)N(CC(=O)O)C2=O)c(N2CC(C)OC(C)C2)n(C)c(=O)c1C#N. The number of amides is 1. The van der Waals surface area contributed by atoms with Crippen LogP contribution in [0.4, 0.5) is 5.82 Å². The highest BCUT2D eigenvalue weighted by atomic mass is 32.2. The number of carboxylic acids is 1. The summed E-state index contributed by atoms with van der Waals surface area (Å²) in [5.74, 6) is -1.11. The fourth-order valence-electron chi connectivity index (χ4n) is 3.85. The fraction of sp³-hybridized carbons (Fsp3) is 0.450. The number of morpholine rings is 1. The summed E-state index contributed by atoms with van der Waals surface area (Å²) in [5.41, 5.74) is 0.580. The van der Waals surface area contributed by atoms with E-state index in [4.69, 9.17) is 22.1 Å². The van der Waals surface area contributed by atoms with Gasteiger partial charge in [0.25, 0.3) is 11.5 Å². The fourth-order valence-corrected chi connectivity index (χ4v) is 5.08. The molecule has 1 aromatic heterocycles. The number of nitrogens with zero attached hydrogens (tertiary/aromatic N) is 4. The van der Waals surface area contributed by atoms with Gasteiger partial charge in [0.15, 0.2) is 0 Å². The van der Waals surface area contributed by atoms with E-state index < -0.39 is 24.0 Å². The highest BCUT2D eigenvalue weighted by Gasteiger charge is 2.35. The molecule has 0 aliphatic carbocycles. The maximum absolute atomic E-state index is 12.8. The highest BCUT2D eigenvalue weighted by molar-refractivity contribution is 8.26. The van der Waals surface area contributed by atoms with E-state index in [1.54, 1.807) is 20.0 Å². The number of anilines is 1. The molecule has 11 heteroatoms. The van der Waals surface area contributed by atoms with E-state index in [1.165, 1.54) is 4.57 Å². The molecular weight excluding hydrogens is 440 g/mol. The number of thioether (sulfide) groups is 1. The number of ether oxygens (including phenoxy) is 1. The largest absolute Gasteiger partial charge is 0.480 e. The molecule has 1 N–H and O–H groups in total. The molecule has 0 radical (unpaired) electrons. The van der Waals surface area contributed by atoms with Crippen molar-refractivity contribution >= 4 is 52.1 Å². The Labute approximate surface area is 188 Å². The van der Waals surface area contributed by atoms with E-state index in [2.05, 4.69) is 0 Å². The van der Waals surface area contributed by atoms with Crippen molar-refractivity contribution in [2.75, 3.05) is 24.5 Å². The minimum Gasteiger partial charge on any atom is -0.480 e. The number of carboxylic acid groups (broad SMARTS) is 1. The van der Waals surface area contributed by atoms with Crippen molar-refractivity contribution in [2.24, 2.45) is 7.05 Å². The number of nitriles is 1. The lowest BCUT2D eigenvalue weighted by Crippen LogP contribution is -2.47. The van der Waals surface area contributed by atoms with Crippen LogP contribution in [0.3, 0.4) is 0 Å². The Morgan fingerprint density at radius 3 is 2.52 bits per heavy atom. The maximum atomic E-state index is 12.8. The summed E-state index contributed by atoms with van der Waals surface area (Å²) >= 11 is 6.17. The van der Waals surface area contributed by atoms with Crippen LogP contribution in [0.2, 0.25) is 0 Å². The van der Waals surface area contributed by atoms with Gasteiger partial charge in [-0.3, -0.25) is 23.9 Å². The lowest BCUT2D eigenvalue weighted by atomic mass is 10.0. The van der Waals surface area contributed by atoms with Crippen LogP contribution in [-0.4, -0.2) is 62.6 Å². The molecule has 2 aliphatic rings. The Bertz CT molecular complexity index is 1090. The second kappa shape index (κ2) is 8.82. The van der Waals surface area contributed by atoms with Gasteiger partial charge in [0.1, 0.15) is 28.3 Å². The van der Waals surface area contributed by atoms with Crippen LogP contribution in [0.15, 0.2) is 9.70 Å². The van der Waals surface area contributed by atoms with Crippen LogP contribution >= 0.6 is 24.0 Å². The van der Waals surface area contributed by atoms with Gasteiger partial charge in [-0.1, -0.05) is 24.0 Å². The molecule has 2 fully saturated rings. The van der Waals surface area contributed by atoms with Crippen molar-refractivity contribution in [3.05, 3.63) is 31.9 Å². The van der Waals surface area contributed by atoms with Gasteiger partial charge in [0, 0.05) is 25.7 Å². The number of aromatic nitrogens is 1. The molecule has 0 saturated carbocycles. The first-order chi connectivity index (χ1) is 14.5. The van der Waals surface area contributed by atoms with Crippen LogP contribution in [-0.2, 0) is 21.4 Å². The highest BCUT2D eigenvalue weighted by Crippen LogP contribution is 2.36. The number of carbonyl (C=O) groups is 2. The lowest BCUT2D eigenvalue weighted by Gasteiger charge is -2.38. The van der Waals surface area contributed by atoms with Crippen molar-refractivity contribution in [2.45, 2.75) is 33.0 Å². The van der Waals surface area contributed by atoms with Crippen molar-refractivity contribution in [3.8, 4) is 6.07 Å². The van der Waals surface area contributed by atoms with E-state index in [-0.39, 0.29) is 27.0 Å². The summed E-state index contributed by atoms with van der Waals surface area (Å²) in [7, 11) is 1.59. The molecule has 164 valence electrons. The predicted octanol–water partition coefficient (Wildman–Crippen LogP) is 1.46. The van der Waals surface area contributed by atoms with Crippen molar-refractivity contribution < 1.29 is 19.4 Å². The smallest absolute Gasteiger partial charge is 0.323 e. The second-order valence-electron chi connectivity index (χ2n) is 7.54. The van der Waals surface area contributed by atoms with E-state index in [0.717, 1.165) is 16.7 Å². The third-order valence-corrected chi connectivity index (χ3v) is 6.51. The summed E-state index contributed by atoms with van der Waals surface area (Å²) < 4.78 is 7.37. The minimum absolute atomic E-state index is 0.00660. The molecule has 3 heterocycles. The molecule has 1 amide bonds. The predicted molar refractivity (Wildman–Crippen MR) is 121 cm³/mol. The number of carbonyl (C=O) groups excluding carboxylic acids is 1. The third-order valence-electron chi connectivity index (χ3n) is 5.13. The monoisotopic (exact) mass is 462 g/mol. The molecule has 9 nitrogen and oxygen atoms in total. The van der Waals surface area contributed by atoms with Gasteiger partial charge >= 0.3 is 5.97 Å². The quantitative estimate of drug-likeness (QED) is 0.524. The van der Waals surface area contributed by atoms with E-state index in [0.29, 0.717) is 30.0 Å². The Morgan fingerprint density at radius 1 is 1.35 bits per heavy atom. The molecule has 0 aromatic carbocycles. The first kappa shape index (κ1) is 23.0. The molecule has 2 saturated heterocycles. The average molecular weight is 463 g/mol. The minimum atomic E-state index is -1.17. The molecule has 2 aliphatic heterocycles. The molecule has 3 rings (SSSR count). The lowest BCUT2D eigenvalue weighted by molar-refractivity contribution is -0.140. The zero-order valence-corrected chi connectivity index (χ0v) is 19.2. The third kappa shape index (κ3) is 4.37. The maximum Gasteiger partial charge on any atom is 0.323 e. The zero-order chi connectivity index (χ0) is 23.0. The van der Waals surface area contributed by atoms with E-state index in [1.807, 2.05) is 24.8 Å². The number of thiocarbonyl (C=S) groups is 1. The van der Waals surface area contributed by atoms with E-state index in [9.17, 15) is 19.6 Å². The number of aliphatic carboxylic acids is 1. The van der Waals surface area contributed by atoms with Crippen LogP contribution in [0, 0.1) is 18.3 Å². The van der Waals surface area contributed by atoms with Gasteiger partial charge in [0.2, 0.25) is 0 Å². The number of hydrogen-bond acceptors (Lipinski definition) is 8. The first-order valence-electron chi connectivity index (χ1n) is 9.56. The van der Waals surface area contributed by atoms with Gasteiger partial charge in [-0.25, -0.2) is 0 Å². The summed E-state index contributed by atoms with van der Waals surface area (Å²) in [6.07, 6.45) is 1.45. The van der Waals surface area contributed by atoms with Crippen molar-refractivity contribution in [3.63, 3.8) is 0 Å². The van der Waals surface area contributed by atoms with Crippen molar-refractivity contribution in [1.82, 2.24) is 9.47 Å². The van der Waals surface area contributed by atoms with Crippen LogP contribution < -0.4 is 10.5 Å². The molecule has 31 heavy (non-hydrogen) atoms. The summed E-state index contributed by atoms with van der Waals surface area (Å²) in [6.45, 7) is 6.08. The zero-order valence-electron chi connectivity index (χ0n) is 17.5. The number of pyridine rings is 1. The number of hydrogen-bond donors (Lipinski definition) is 1. The second-order valence-corrected chi connectivity index (χ2v) is 9.21. The topological polar surface area (TPSA) is 116 Å². The van der Waals surface area contributed by atoms with Crippen molar-refractivity contribution in [1.29, 1.82) is 5.26 Å². The Balaban J connectivity index is 2.19. The Kier molecular flexibility index (Phi) is 6.54. The van der Waals surface area contributed by atoms with Gasteiger partial charge in [0.05, 0.1) is 17.1 Å². The molecule has 0 spiro atoms. The van der Waals surface area contributed by atoms with E-state index >= 15 is 0 Å². The number of rotatable bonds is 4. The Morgan fingerprint density at radius 2 is 1.97 bits per heavy atom. The summed E-state index contributed by atoms with van der Waals surface area (Å²) in [4.78, 5) is 40.0. The standard InChI is InChI=1S/C20H22N4O5S2/c1-10-7-23(8-11(2)29-10)17-13(12(3)14(6-21)18(27)22(17)4)5-15-19(28)24(9-16(25)26)20(30)31-15/h5,10-11H,7-9H2,1-4H3,(H,25,26). The van der Waals surface area contributed by atoms with Crippen LogP contribution in [0.5, 0.6) is 0 Å². The van der Waals surface area contributed by atoms with Gasteiger partial charge < -0.3 is 14.7 Å². The Hall–Kier alpha value is -2.68. The van der Waals surface area contributed by atoms with Crippen LogP contribution in [0.1, 0.15) is 30.5 Å². The van der Waals surface area contributed by atoms with Gasteiger partial charge in [-0.2, -0.15) is 5.26 Å². The first-order valence-corrected chi connectivity index (χ1v) is 10.8.